The fourth-order valence-corrected chi connectivity index (χ4v) is 2.03. The predicted molar refractivity (Wildman–Crippen MR) is 80.0 cm³/mol. The molecule has 0 saturated carbocycles. The van der Waals surface area contributed by atoms with Crippen LogP contribution in [0.2, 0.25) is 0 Å². The molecule has 0 unspecified atom stereocenters. The Morgan fingerprint density at radius 3 is 2.22 bits per heavy atom. The Labute approximate surface area is 114 Å². The van der Waals surface area contributed by atoms with E-state index >= 15 is 0 Å². The van der Waals surface area contributed by atoms with Crippen LogP contribution in [0.3, 0.4) is 0 Å². The van der Waals surface area contributed by atoms with E-state index < -0.39 is 0 Å². The van der Waals surface area contributed by atoms with E-state index in [0.717, 1.165) is 26.2 Å². The Hall–Kier alpha value is -0.120. The van der Waals surface area contributed by atoms with Gasteiger partial charge in [-0.05, 0) is 30.3 Å². The highest BCUT2D eigenvalue weighted by atomic mass is 15.2. The average molecular weight is 255 g/mol. The maximum absolute atomic E-state index is 3.63. The van der Waals surface area contributed by atoms with E-state index in [-0.39, 0.29) is 0 Å². The number of hydrogen-bond donors (Lipinski definition) is 2. The molecular formula is C15H33N3. The molecule has 108 valence electrons. The van der Waals surface area contributed by atoms with Gasteiger partial charge in [-0.15, -0.1) is 0 Å². The van der Waals surface area contributed by atoms with E-state index in [1.165, 1.54) is 26.1 Å². The summed E-state index contributed by atoms with van der Waals surface area (Å²) in [4.78, 5) is 2.56. The molecule has 0 bridgehead atoms. The number of hydrogen-bond acceptors (Lipinski definition) is 3. The molecule has 1 rings (SSSR count). The lowest BCUT2D eigenvalue weighted by Crippen LogP contribution is -2.44. The second kappa shape index (κ2) is 6.88. The van der Waals surface area contributed by atoms with Crippen molar-refractivity contribution in [1.82, 2.24) is 15.5 Å². The lowest BCUT2D eigenvalue weighted by Gasteiger charge is -2.39. The van der Waals surface area contributed by atoms with Crippen molar-refractivity contribution in [2.75, 3.05) is 45.8 Å². The fourth-order valence-electron chi connectivity index (χ4n) is 2.03. The first-order valence-corrected chi connectivity index (χ1v) is 7.47. The normalized spacial score (nSPS) is 19.2. The summed E-state index contributed by atoms with van der Waals surface area (Å²) in [5.74, 6) is 0. The molecule has 1 saturated heterocycles. The van der Waals surface area contributed by atoms with Crippen molar-refractivity contribution in [3.63, 3.8) is 0 Å². The summed E-state index contributed by atoms with van der Waals surface area (Å²) in [6.07, 6.45) is 1.26. The van der Waals surface area contributed by atoms with E-state index in [4.69, 9.17) is 0 Å². The first-order valence-electron chi connectivity index (χ1n) is 7.47. The van der Waals surface area contributed by atoms with Crippen molar-refractivity contribution < 1.29 is 0 Å². The van der Waals surface area contributed by atoms with Gasteiger partial charge in [-0.2, -0.15) is 0 Å². The largest absolute Gasteiger partial charge is 0.316 e. The van der Waals surface area contributed by atoms with Gasteiger partial charge >= 0.3 is 0 Å². The summed E-state index contributed by atoms with van der Waals surface area (Å²) in [6.45, 7) is 19.9. The van der Waals surface area contributed by atoms with E-state index in [2.05, 4.69) is 50.2 Å². The van der Waals surface area contributed by atoms with E-state index in [0.29, 0.717) is 10.8 Å². The number of piperazine rings is 1. The molecular weight excluding hydrogens is 222 g/mol. The summed E-state index contributed by atoms with van der Waals surface area (Å²) in [6, 6.07) is 0. The van der Waals surface area contributed by atoms with Crippen molar-refractivity contribution in [2.24, 2.45) is 10.8 Å². The van der Waals surface area contributed by atoms with Crippen LogP contribution in [0.15, 0.2) is 0 Å². The molecule has 0 aromatic rings. The summed E-state index contributed by atoms with van der Waals surface area (Å²) in [5, 5.41) is 7.03. The lowest BCUT2D eigenvalue weighted by molar-refractivity contribution is 0.128. The maximum Gasteiger partial charge on any atom is 0.0107 e. The van der Waals surface area contributed by atoms with Gasteiger partial charge < -0.3 is 15.5 Å². The van der Waals surface area contributed by atoms with E-state index in [1.807, 2.05) is 0 Å². The summed E-state index contributed by atoms with van der Waals surface area (Å²) >= 11 is 0. The van der Waals surface area contributed by atoms with Crippen LogP contribution in [0.1, 0.15) is 41.0 Å². The Morgan fingerprint density at radius 1 is 1.06 bits per heavy atom. The highest BCUT2D eigenvalue weighted by Crippen LogP contribution is 2.36. The van der Waals surface area contributed by atoms with Crippen LogP contribution in [-0.2, 0) is 0 Å². The van der Waals surface area contributed by atoms with Gasteiger partial charge in [-0.25, -0.2) is 0 Å². The zero-order valence-electron chi connectivity index (χ0n) is 13.1. The molecule has 0 aromatic heterocycles. The first kappa shape index (κ1) is 15.9. The molecule has 3 heteroatoms. The van der Waals surface area contributed by atoms with Gasteiger partial charge in [0.05, 0.1) is 0 Å². The lowest BCUT2D eigenvalue weighted by atomic mass is 9.69. The molecule has 18 heavy (non-hydrogen) atoms. The van der Waals surface area contributed by atoms with Crippen molar-refractivity contribution in [1.29, 1.82) is 0 Å². The highest BCUT2D eigenvalue weighted by molar-refractivity contribution is 4.84. The van der Waals surface area contributed by atoms with Crippen molar-refractivity contribution in [3.05, 3.63) is 0 Å². The van der Waals surface area contributed by atoms with E-state index in [1.54, 1.807) is 0 Å². The fraction of sp³-hybridized carbons (Fsp3) is 1.00. The summed E-state index contributed by atoms with van der Waals surface area (Å²) in [7, 11) is 0. The highest BCUT2D eigenvalue weighted by Gasteiger charge is 2.31. The third-order valence-corrected chi connectivity index (χ3v) is 4.63. The minimum atomic E-state index is 0.349. The molecule has 1 fully saturated rings. The monoisotopic (exact) mass is 255 g/mol. The first-order chi connectivity index (χ1) is 8.33. The quantitative estimate of drug-likeness (QED) is 0.710. The molecule has 3 nitrogen and oxygen atoms in total. The predicted octanol–water partition coefficient (Wildman–Crippen LogP) is 1.94. The number of rotatable bonds is 6. The second-order valence-electron chi connectivity index (χ2n) is 7.26. The van der Waals surface area contributed by atoms with Crippen LogP contribution in [0.25, 0.3) is 0 Å². The van der Waals surface area contributed by atoms with Crippen molar-refractivity contribution in [2.45, 2.75) is 41.0 Å². The Balaban J connectivity index is 2.08. The molecule has 2 N–H and O–H groups in total. The molecule has 0 radical (unpaired) electrons. The van der Waals surface area contributed by atoms with Crippen LogP contribution >= 0.6 is 0 Å². The van der Waals surface area contributed by atoms with Gasteiger partial charge in [0.1, 0.15) is 0 Å². The SMILES string of the molecule is CC(C)(C)C(C)(C)CNCCCN1CCNCC1. The van der Waals surface area contributed by atoms with Crippen LogP contribution in [0.4, 0.5) is 0 Å². The van der Waals surface area contributed by atoms with Gasteiger partial charge in [-0.3, -0.25) is 0 Å². The summed E-state index contributed by atoms with van der Waals surface area (Å²) < 4.78 is 0. The molecule has 0 aromatic carbocycles. The number of nitrogens with zero attached hydrogens (tertiary/aromatic N) is 1. The molecule has 1 heterocycles. The molecule has 0 amide bonds. The van der Waals surface area contributed by atoms with Crippen LogP contribution in [0.5, 0.6) is 0 Å². The molecule has 1 aliphatic heterocycles. The standard InChI is InChI=1S/C15H33N3/c1-14(2,3)15(4,5)13-17-7-6-10-18-11-8-16-9-12-18/h16-17H,6-13H2,1-5H3. The third kappa shape index (κ3) is 5.25. The van der Waals surface area contributed by atoms with Gasteiger partial charge in [-0.1, -0.05) is 34.6 Å². The second-order valence-corrected chi connectivity index (χ2v) is 7.26. The minimum Gasteiger partial charge on any atom is -0.316 e. The van der Waals surface area contributed by atoms with Crippen LogP contribution in [0, 0.1) is 10.8 Å². The summed E-state index contributed by atoms with van der Waals surface area (Å²) in [5.41, 5.74) is 0.709. The molecule has 0 aliphatic carbocycles. The minimum absolute atomic E-state index is 0.349. The molecule has 0 spiro atoms. The van der Waals surface area contributed by atoms with E-state index in [9.17, 15) is 0 Å². The van der Waals surface area contributed by atoms with Gasteiger partial charge in [0, 0.05) is 32.7 Å². The Kier molecular flexibility index (Phi) is 6.09. The zero-order chi connectivity index (χ0) is 13.6. The maximum atomic E-state index is 3.63. The average Bonchev–Trinajstić information content (AvgIpc) is 2.28. The van der Waals surface area contributed by atoms with Crippen LogP contribution < -0.4 is 10.6 Å². The zero-order valence-corrected chi connectivity index (χ0v) is 13.1. The van der Waals surface area contributed by atoms with Gasteiger partial charge in [0.15, 0.2) is 0 Å². The smallest absolute Gasteiger partial charge is 0.0107 e. The Morgan fingerprint density at radius 2 is 1.67 bits per heavy atom. The third-order valence-electron chi connectivity index (χ3n) is 4.63. The molecule has 0 atom stereocenters. The topological polar surface area (TPSA) is 27.3 Å². The van der Waals surface area contributed by atoms with Crippen LogP contribution in [-0.4, -0.2) is 50.7 Å². The van der Waals surface area contributed by atoms with Gasteiger partial charge in [0.2, 0.25) is 0 Å². The molecule has 1 aliphatic rings. The van der Waals surface area contributed by atoms with Gasteiger partial charge in [0.25, 0.3) is 0 Å². The van der Waals surface area contributed by atoms with Crippen molar-refractivity contribution in [3.8, 4) is 0 Å². The number of nitrogens with one attached hydrogen (secondary N) is 2. The van der Waals surface area contributed by atoms with Crippen molar-refractivity contribution >= 4 is 0 Å². The Bertz CT molecular complexity index is 224.